The van der Waals surface area contributed by atoms with Crippen molar-refractivity contribution in [2.45, 2.75) is 38.1 Å². The molecule has 1 aliphatic rings. The Labute approximate surface area is 103 Å². The molecule has 0 radical (unpaired) electrons. The van der Waals surface area contributed by atoms with Gasteiger partial charge < -0.3 is 5.11 Å². The minimum atomic E-state index is -3.29. The molecule has 0 aromatic carbocycles. The molecule has 0 aliphatic heterocycles. The largest absolute Gasteiger partial charge is 0.395 e. The van der Waals surface area contributed by atoms with Gasteiger partial charge in [-0.2, -0.15) is 4.31 Å². The lowest BCUT2D eigenvalue weighted by atomic mass is 9.95. The monoisotopic (exact) mass is 269 g/mol. The molecule has 0 spiro atoms. The van der Waals surface area contributed by atoms with E-state index in [1.165, 1.54) is 10.7 Å². The summed E-state index contributed by atoms with van der Waals surface area (Å²) in [5.74, 6) is 0.0715. The third-order valence-corrected chi connectivity index (χ3v) is 5.32. The highest BCUT2D eigenvalue weighted by molar-refractivity contribution is 7.89. The van der Waals surface area contributed by atoms with Crippen molar-refractivity contribution in [2.24, 2.45) is 0 Å². The van der Waals surface area contributed by atoms with E-state index in [2.05, 4.69) is 0 Å². The van der Waals surface area contributed by atoms with Crippen molar-refractivity contribution in [3.8, 4) is 0 Å². The Morgan fingerprint density at radius 1 is 1.25 bits per heavy atom. The maximum atomic E-state index is 12.0. The molecule has 0 amide bonds. The molecule has 16 heavy (non-hydrogen) atoms. The van der Waals surface area contributed by atoms with Gasteiger partial charge in [-0.25, -0.2) is 8.42 Å². The first-order valence-corrected chi connectivity index (χ1v) is 7.92. The van der Waals surface area contributed by atoms with Gasteiger partial charge >= 0.3 is 0 Å². The Hall–Kier alpha value is 0.160. The smallest absolute Gasteiger partial charge is 0.215 e. The van der Waals surface area contributed by atoms with Gasteiger partial charge in [0, 0.05) is 18.5 Å². The van der Waals surface area contributed by atoms with Crippen LogP contribution in [0.1, 0.15) is 32.1 Å². The van der Waals surface area contributed by atoms with E-state index in [0.717, 1.165) is 25.7 Å². The molecule has 0 unspecified atom stereocenters. The van der Waals surface area contributed by atoms with Gasteiger partial charge in [0.05, 0.1) is 12.4 Å². The number of hydrogen-bond donors (Lipinski definition) is 1. The van der Waals surface area contributed by atoms with Gasteiger partial charge in [0.2, 0.25) is 10.0 Å². The Bertz CT molecular complexity index is 288. The number of sulfonamides is 1. The topological polar surface area (TPSA) is 57.6 Å². The highest BCUT2D eigenvalue weighted by atomic mass is 35.5. The van der Waals surface area contributed by atoms with Crippen LogP contribution in [0.3, 0.4) is 0 Å². The summed E-state index contributed by atoms with van der Waals surface area (Å²) in [4.78, 5) is 0. The number of hydrogen-bond acceptors (Lipinski definition) is 3. The van der Waals surface area contributed by atoms with E-state index >= 15 is 0 Å². The molecule has 96 valence electrons. The first kappa shape index (κ1) is 14.2. The quantitative estimate of drug-likeness (QED) is 0.737. The number of alkyl halides is 1. The van der Waals surface area contributed by atoms with Crippen LogP contribution < -0.4 is 0 Å². The number of rotatable bonds is 6. The van der Waals surface area contributed by atoms with Crippen LogP contribution >= 0.6 is 11.6 Å². The summed E-state index contributed by atoms with van der Waals surface area (Å²) in [6, 6.07) is 0.0640. The van der Waals surface area contributed by atoms with E-state index in [-0.39, 0.29) is 30.8 Å². The molecule has 0 aromatic heterocycles. The second-order valence-electron chi connectivity index (χ2n) is 4.13. The lowest BCUT2D eigenvalue weighted by Gasteiger charge is -2.32. The second kappa shape index (κ2) is 6.79. The number of aliphatic hydroxyl groups is 1. The first-order valence-electron chi connectivity index (χ1n) is 5.78. The highest BCUT2D eigenvalue weighted by Gasteiger charge is 2.29. The molecule has 1 aliphatic carbocycles. The summed E-state index contributed by atoms with van der Waals surface area (Å²) >= 11 is 5.50. The summed E-state index contributed by atoms with van der Waals surface area (Å²) in [6.07, 6.45) is 5.13. The number of nitrogens with zero attached hydrogens (tertiary/aromatic N) is 1. The molecule has 0 aromatic rings. The van der Waals surface area contributed by atoms with Crippen molar-refractivity contribution in [3.05, 3.63) is 0 Å². The van der Waals surface area contributed by atoms with Gasteiger partial charge in [0.25, 0.3) is 0 Å². The Morgan fingerprint density at radius 2 is 1.88 bits per heavy atom. The summed E-state index contributed by atoms with van der Waals surface area (Å²) in [5.41, 5.74) is 0. The summed E-state index contributed by atoms with van der Waals surface area (Å²) in [5, 5.41) is 8.96. The minimum Gasteiger partial charge on any atom is -0.395 e. The molecule has 6 heteroatoms. The predicted octanol–water partition coefficient (Wildman–Crippen LogP) is 1.18. The first-order chi connectivity index (χ1) is 7.61. The molecule has 4 nitrogen and oxygen atoms in total. The van der Waals surface area contributed by atoms with Crippen LogP contribution in [0.15, 0.2) is 0 Å². The lowest BCUT2D eigenvalue weighted by molar-refractivity contribution is 0.199. The van der Waals surface area contributed by atoms with Crippen molar-refractivity contribution < 1.29 is 13.5 Å². The van der Waals surface area contributed by atoms with Crippen LogP contribution in [-0.2, 0) is 10.0 Å². The van der Waals surface area contributed by atoms with Gasteiger partial charge in [0.15, 0.2) is 0 Å². The Morgan fingerprint density at radius 3 is 2.38 bits per heavy atom. The van der Waals surface area contributed by atoms with E-state index in [4.69, 9.17) is 16.7 Å². The third kappa shape index (κ3) is 3.87. The van der Waals surface area contributed by atoms with Gasteiger partial charge in [-0.3, -0.25) is 0 Å². The van der Waals surface area contributed by atoms with Gasteiger partial charge in [-0.05, 0) is 12.8 Å². The van der Waals surface area contributed by atoms with E-state index in [9.17, 15) is 8.42 Å². The van der Waals surface area contributed by atoms with Crippen LogP contribution in [0.5, 0.6) is 0 Å². The van der Waals surface area contributed by atoms with Crippen LogP contribution in [0.4, 0.5) is 0 Å². The number of halogens is 1. The SMILES string of the molecule is O=S(=O)(CCCl)N(CCO)C1CCCCC1. The molecule has 0 saturated heterocycles. The molecule has 0 heterocycles. The molecule has 1 N–H and O–H groups in total. The molecule has 1 rings (SSSR count). The zero-order chi connectivity index (χ0) is 12.0. The van der Waals surface area contributed by atoms with Crippen molar-refractivity contribution in [2.75, 3.05) is 24.8 Å². The molecule has 1 fully saturated rings. The molecule has 1 saturated carbocycles. The van der Waals surface area contributed by atoms with Crippen LogP contribution in [0, 0.1) is 0 Å². The fourth-order valence-corrected chi connectivity index (χ4v) is 4.27. The highest BCUT2D eigenvalue weighted by Crippen LogP contribution is 2.24. The van der Waals surface area contributed by atoms with E-state index in [0.29, 0.717) is 0 Å². The van der Waals surface area contributed by atoms with Crippen molar-refractivity contribution in [3.63, 3.8) is 0 Å². The maximum Gasteiger partial charge on any atom is 0.215 e. The van der Waals surface area contributed by atoms with Crippen LogP contribution in [0.25, 0.3) is 0 Å². The van der Waals surface area contributed by atoms with Crippen LogP contribution in [0.2, 0.25) is 0 Å². The van der Waals surface area contributed by atoms with Gasteiger partial charge in [-0.1, -0.05) is 19.3 Å². The van der Waals surface area contributed by atoms with E-state index in [1.807, 2.05) is 0 Å². The Kier molecular flexibility index (Phi) is 6.03. The zero-order valence-electron chi connectivity index (χ0n) is 9.44. The molecular formula is C10H20ClNO3S. The fraction of sp³-hybridized carbons (Fsp3) is 1.00. The van der Waals surface area contributed by atoms with Crippen molar-refractivity contribution >= 4 is 21.6 Å². The van der Waals surface area contributed by atoms with Crippen molar-refractivity contribution in [1.29, 1.82) is 0 Å². The Balaban J connectivity index is 2.72. The van der Waals surface area contributed by atoms with Gasteiger partial charge in [0.1, 0.15) is 0 Å². The predicted molar refractivity (Wildman–Crippen MR) is 65.2 cm³/mol. The van der Waals surface area contributed by atoms with Crippen LogP contribution in [-0.4, -0.2) is 48.7 Å². The summed E-state index contributed by atoms with van der Waals surface area (Å²) in [6.45, 7) is 0.0713. The van der Waals surface area contributed by atoms with E-state index in [1.54, 1.807) is 0 Å². The summed E-state index contributed by atoms with van der Waals surface area (Å²) in [7, 11) is -3.29. The standard InChI is InChI=1S/C10H20ClNO3S/c11-6-9-16(14,15)12(7-8-13)10-4-2-1-3-5-10/h10,13H,1-9H2. The summed E-state index contributed by atoms with van der Waals surface area (Å²) < 4.78 is 25.4. The minimum absolute atomic E-state index is 0.0367. The average molecular weight is 270 g/mol. The zero-order valence-corrected chi connectivity index (χ0v) is 11.0. The maximum absolute atomic E-state index is 12.0. The third-order valence-electron chi connectivity index (χ3n) is 2.99. The molecule has 0 atom stereocenters. The van der Waals surface area contributed by atoms with Gasteiger partial charge in [-0.15, -0.1) is 11.6 Å². The number of aliphatic hydroxyl groups excluding tert-OH is 1. The van der Waals surface area contributed by atoms with Crippen molar-refractivity contribution in [1.82, 2.24) is 4.31 Å². The second-order valence-corrected chi connectivity index (χ2v) is 6.55. The molecule has 0 bridgehead atoms. The normalized spacial score (nSPS) is 19.2. The lowest BCUT2D eigenvalue weighted by Crippen LogP contribution is -2.44. The average Bonchev–Trinajstić information content (AvgIpc) is 2.27. The van der Waals surface area contributed by atoms with E-state index < -0.39 is 10.0 Å². The fourth-order valence-electron chi connectivity index (χ4n) is 2.23. The molecular weight excluding hydrogens is 250 g/mol.